The summed E-state index contributed by atoms with van der Waals surface area (Å²) >= 11 is 0. The van der Waals surface area contributed by atoms with Crippen molar-refractivity contribution < 1.29 is 0 Å². The van der Waals surface area contributed by atoms with E-state index in [0.29, 0.717) is 6.04 Å². The van der Waals surface area contributed by atoms with Crippen molar-refractivity contribution in [2.45, 2.75) is 32.7 Å². The van der Waals surface area contributed by atoms with Crippen LogP contribution >= 0.6 is 12.4 Å². The van der Waals surface area contributed by atoms with Crippen LogP contribution in [0.25, 0.3) is 0 Å². The molecule has 1 heterocycles. The Morgan fingerprint density at radius 3 is 2.83 bits per heavy atom. The Hall–Kier alpha value is -0.240. The molecule has 2 nitrogen and oxygen atoms in total. The van der Waals surface area contributed by atoms with Gasteiger partial charge in [-0.1, -0.05) is 20.3 Å². The molecule has 0 bridgehead atoms. The number of amidine groups is 1. The van der Waals surface area contributed by atoms with E-state index in [1.165, 1.54) is 6.42 Å². The molecule has 2 N–H and O–H groups in total. The second-order valence-electron chi connectivity index (χ2n) is 3.94. The monoisotopic (exact) mass is 188 g/mol. The lowest BCUT2D eigenvalue weighted by atomic mass is 9.98. The Labute approximate surface area is 80.0 Å². The number of halogens is 1. The molecule has 0 saturated heterocycles. The Bertz CT molecular complexity index is 203. The average molecular weight is 189 g/mol. The van der Waals surface area contributed by atoms with Gasteiger partial charge in [0.25, 0.3) is 0 Å². The highest BCUT2D eigenvalue weighted by atomic mass is 35.5. The van der Waals surface area contributed by atoms with Crippen molar-refractivity contribution in [3.63, 3.8) is 0 Å². The summed E-state index contributed by atoms with van der Waals surface area (Å²) in [5.74, 6) is 3.38. The minimum absolute atomic E-state index is 0. The van der Waals surface area contributed by atoms with Gasteiger partial charge in [-0.05, 0) is 17.8 Å². The fourth-order valence-corrected chi connectivity index (χ4v) is 2.55. The summed E-state index contributed by atoms with van der Waals surface area (Å²) in [4.78, 5) is 4.45. The smallest absolute Gasteiger partial charge is 0.0943 e. The van der Waals surface area contributed by atoms with Crippen LogP contribution in [0.2, 0.25) is 0 Å². The fourth-order valence-electron chi connectivity index (χ4n) is 2.55. The molecule has 0 aromatic heterocycles. The Morgan fingerprint density at radius 2 is 2.25 bits per heavy atom. The van der Waals surface area contributed by atoms with Gasteiger partial charge in [-0.25, -0.2) is 0 Å². The second-order valence-corrected chi connectivity index (χ2v) is 3.94. The molecular weight excluding hydrogens is 172 g/mol. The van der Waals surface area contributed by atoms with Crippen molar-refractivity contribution in [3.8, 4) is 0 Å². The van der Waals surface area contributed by atoms with Crippen molar-refractivity contribution in [1.82, 2.24) is 0 Å². The molecule has 12 heavy (non-hydrogen) atoms. The highest BCUT2D eigenvalue weighted by molar-refractivity contribution is 5.85. The largest absolute Gasteiger partial charge is 0.387 e. The zero-order valence-electron chi connectivity index (χ0n) is 7.66. The molecule has 2 aliphatic rings. The number of nitrogens with two attached hydrogens (primary N) is 1. The first-order valence-electron chi connectivity index (χ1n) is 4.56. The highest BCUT2D eigenvalue weighted by Gasteiger charge is 2.53. The van der Waals surface area contributed by atoms with E-state index >= 15 is 0 Å². The molecule has 2 rings (SSSR count). The van der Waals surface area contributed by atoms with Crippen LogP contribution in [0.4, 0.5) is 0 Å². The summed E-state index contributed by atoms with van der Waals surface area (Å²) < 4.78 is 0. The van der Waals surface area contributed by atoms with Crippen LogP contribution in [0.15, 0.2) is 4.99 Å². The maximum absolute atomic E-state index is 5.71. The topological polar surface area (TPSA) is 38.4 Å². The van der Waals surface area contributed by atoms with Crippen molar-refractivity contribution in [3.05, 3.63) is 0 Å². The SMILES string of the molecule is CCC1C2N=C(N)CC(C)C12.Cl. The summed E-state index contributed by atoms with van der Waals surface area (Å²) in [5.41, 5.74) is 5.71. The van der Waals surface area contributed by atoms with Crippen LogP contribution in [0.3, 0.4) is 0 Å². The molecule has 1 saturated carbocycles. The Balaban J connectivity index is 0.000000720. The van der Waals surface area contributed by atoms with Gasteiger partial charge in [0.1, 0.15) is 0 Å². The molecule has 0 aromatic rings. The van der Waals surface area contributed by atoms with Crippen LogP contribution in [-0.4, -0.2) is 11.9 Å². The molecule has 0 spiro atoms. The lowest BCUT2D eigenvalue weighted by molar-refractivity contribution is 0.471. The van der Waals surface area contributed by atoms with Gasteiger partial charge >= 0.3 is 0 Å². The van der Waals surface area contributed by atoms with E-state index < -0.39 is 0 Å². The first kappa shape index (κ1) is 9.85. The number of fused-ring (bicyclic) bond motifs is 1. The van der Waals surface area contributed by atoms with E-state index in [4.69, 9.17) is 5.73 Å². The molecule has 70 valence electrons. The summed E-state index contributed by atoms with van der Waals surface area (Å²) in [7, 11) is 0. The first-order chi connectivity index (χ1) is 5.24. The van der Waals surface area contributed by atoms with Gasteiger partial charge in [0.05, 0.1) is 11.9 Å². The summed E-state index contributed by atoms with van der Waals surface area (Å²) in [6.07, 6.45) is 2.30. The number of hydrogen-bond acceptors (Lipinski definition) is 2. The second kappa shape index (κ2) is 3.25. The van der Waals surface area contributed by atoms with Crippen LogP contribution in [-0.2, 0) is 0 Å². The van der Waals surface area contributed by atoms with E-state index in [1.54, 1.807) is 0 Å². The quantitative estimate of drug-likeness (QED) is 0.670. The fraction of sp³-hybridized carbons (Fsp3) is 0.889. The Kier molecular flexibility index (Phi) is 2.67. The minimum Gasteiger partial charge on any atom is -0.387 e. The molecular formula is C9H17ClN2. The van der Waals surface area contributed by atoms with Gasteiger partial charge in [0.15, 0.2) is 0 Å². The lowest BCUT2D eigenvalue weighted by Gasteiger charge is -2.13. The molecule has 4 atom stereocenters. The zero-order chi connectivity index (χ0) is 8.01. The van der Waals surface area contributed by atoms with Gasteiger partial charge in [-0.3, -0.25) is 4.99 Å². The predicted octanol–water partition coefficient (Wildman–Crippen LogP) is 1.83. The van der Waals surface area contributed by atoms with Crippen LogP contribution in [0, 0.1) is 17.8 Å². The van der Waals surface area contributed by atoms with E-state index in [0.717, 1.165) is 30.0 Å². The van der Waals surface area contributed by atoms with E-state index in [9.17, 15) is 0 Å². The van der Waals surface area contributed by atoms with Gasteiger partial charge in [0, 0.05) is 6.42 Å². The van der Waals surface area contributed by atoms with Gasteiger partial charge in [-0.15, -0.1) is 12.4 Å². The number of rotatable bonds is 1. The summed E-state index contributed by atoms with van der Waals surface area (Å²) in [6.45, 7) is 4.55. The van der Waals surface area contributed by atoms with Crippen LogP contribution in [0.1, 0.15) is 26.7 Å². The predicted molar refractivity (Wildman–Crippen MR) is 53.7 cm³/mol. The molecule has 4 unspecified atom stereocenters. The van der Waals surface area contributed by atoms with E-state index in [2.05, 4.69) is 18.8 Å². The van der Waals surface area contributed by atoms with Crippen molar-refractivity contribution >= 4 is 18.2 Å². The van der Waals surface area contributed by atoms with Gasteiger partial charge < -0.3 is 5.73 Å². The highest BCUT2D eigenvalue weighted by Crippen LogP contribution is 2.52. The molecule has 1 fully saturated rings. The lowest BCUT2D eigenvalue weighted by Crippen LogP contribution is -2.22. The van der Waals surface area contributed by atoms with Crippen molar-refractivity contribution in [2.24, 2.45) is 28.5 Å². The standard InChI is InChI=1S/C9H16N2.ClH/c1-3-6-8-5(2)4-7(10)11-9(6)8;/h5-6,8-9H,3-4H2,1-2H3,(H2,10,11);1H. The molecule has 0 amide bonds. The van der Waals surface area contributed by atoms with E-state index in [-0.39, 0.29) is 12.4 Å². The summed E-state index contributed by atoms with van der Waals surface area (Å²) in [6, 6.07) is 0.601. The number of hydrogen-bond donors (Lipinski definition) is 1. The number of nitrogens with zero attached hydrogens (tertiary/aromatic N) is 1. The maximum atomic E-state index is 5.71. The van der Waals surface area contributed by atoms with Crippen molar-refractivity contribution in [2.75, 3.05) is 0 Å². The van der Waals surface area contributed by atoms with Crippen LogP contribution in [0.5, 0.6) is 0 Å². The molecule has 0 aromatic carbocycles. The third-order valence-electron chi connectivity index (χ3n) is 3.16. The minimum atomic E-state index is 0. The first-order valence-corrected chi connectivity index (χ1v) is 4.56. The average Bonchev–Trinajstić information content (AvgIpc) is 2.61. The molecule has 1 aliphatic carbocycles. The molecule has 0 radical (unpaired) electrons. The normalized spacial score (nSPS) is 44.0. The van der Waals surface area contributed by atoms with E-state index in [1.807, 2.05) is 0 Å². The van der Waals surface area contributed by atoms with Crippen molar-refractivity contribution in [1.29, 1.82) is 0 Å². The molecule has 1 aliphatic heterocycles. The van der Waals surface area contributed by atoms with Crippen LogP contribution < -0.4 is 5.73 Å². The van der Waals surface area contributed by atoms with Gasteiger partial charge in [0.2, 0.25) is 0 Å². The van der Waals surface area contributed by atoms with Gasteiger partial charge in [-0.2, -0.15) is 0 Å². The zero-order valence-corrected chi connectivity index (χ0v) is 8.47. The third kappa shape index (κ3) is 1.33. The summed E-state index contributed by atoms with van der Waals surface area (Å²) in [5, 5.41) is 0. The third-order valence-corrected chi connectivity index (χ3v) is 3.16. The Morgan fingerprint density at radius 1 is 1.58 bits per heavy atom. The number of aliphatic imine (C=N–C) groups is 1. The maximum Gasteiger partial charge on any atom is 0.0943 e. The molecule has 3 heteroatoms.